The maximum atomic E-state index is 11.9. The summed E-state index contributed by atoms with van der Waals surface area (Å²) in [4.78, 5) is 11.9. The van der Waals surface area contributed by atoms with Gasteiger partial charge in [0.25, 0.3) is 0 Å². The van der Waals surface area contributed by atoms with Gasteiger partial charge in [0.2, 0.25) is 5.91 Å². The van der Waals surface area contributed by atoms with Crippen LogP contribution < -0.4 is 5.32 Å². The molecule has 0 radical (unpaired) electrons. The standard InChI is InChI=1S/C15H27NO2S/c1-10(5-6-17)19-9-15(18)16-11(2)14-8-12-3-4-13(14)7-12/h10-14,17H,3-9H2,1-2H3,(H,16,18). The van der Waals surface area contributed by atoms with E-state index in [0.717, 1.165) is 18.3 Å². The highest BCUT2D eigenvalue weighted by Gasteiger charge is 2.42. The van der Waals surface area contributed by atoms with Crippen molar-refractivity contribution >= 4 is 17.7 Å². The molecule has 19 heavy (non-hydrogen) atoms. The van der Waals surface area contributed by atoms with Gasteiger partial charge in [-0.15, -0.1) is 11.8 Å². The quantitative estimate of drug-likeness (QED) is 0.755. The summed E-state index contributed by atoms with van der Waals surface area (Å²) >= 11 is 1.64. The van der Waals surface area contributed by atoms with Crippen LogP contribution in [0.15, 0.2) is 0 Å². The lowest BCUT2D eigenvalue weighted by molar-refractivity contribution is -0.119. The molecular weight excluding hydrogens is 258 g/mol. The van der Waals surface area contributed by atoms with Gasteiger partial charge < -0.3 is 10.4 Å². The molecule has 0 aliphatic heterocycles. The number of aliphatic hydroxyl groups is 1. The summed E-state index contributed by atoms with van der Waals surface area (Å²) < 4.78 is 0. The summed E-state index contributed by atoms with van der Waals surface area (Å²) in [5.41, 5.74) is 0. The number of nitrogens with one attached hydrogen (secondary N) is 1. The number of hydrogen-bond acceptors (Lipinski definition) is 3. The smallest absolute Gasteiger partial charge is 0.230 e. The highest BCUT2D eigenvalue weighted by molar-refractivity contribution is 8.00. The second kappa shape index (κ2) is 6.98. The lowest BCUT2D eigenvalue weighted by Gasteiger charge is -2.28. The van der Waals surface area contributed by atoms with Crippen LogP contribution >= 0.6 is 11.8 Å². The molecular formula is C15H27NO2S. The van der Waals surface area contributed by atoms with Gasteiger partial charge in [-0.2, -0.15) is 0 Å². The Morgan fingerprint density at radius 2 is 2.16 bits per heavy atom. The van der Waals surface area contributed by atoms with E-state index in [2.05, 4.69) is 19.2 Å². The first-order valence-electron chi connectivity index (χ1n) is 7.62. The fraction of sp³-hybridized carbons (Fsp3) is 0.933. The zero-order chi connectivity index (χ0) is 13.8. The van der Waals surface area contributed by atoms with E-state index in [-0.39, 0.29) is 12.5 Å². The number of thioether (sulfide) groups is 1. The molecule has 2 fully saturated rings. The van der Waals surface area contributed by atoms with Crippen molar-refractivity contribution in [2.45, 2.75) is 57.2 Å². The van der Waals surface area contributed by atoms with Gasteiger partial charge in [0, 0.05) is 17.9 Å². The topological polar surface area (TPSA) is 49.3 Å². The van der Waals surface area contributed by atoms with Crippen LogP contribution in [0.3, 0.4) is 0 Å². The minimum absolute atomic E-state index is 0.157. The minimum Gasteiger partial charge on any atom is -0.396 e. The molecule has 0 aromatic carbocycles. The molecule has 5 unspecified atom stereocenters. The fourth-order valence-corrected chi connectivity index (χ4v) is 4.58. The molecule has 1 amide bonds. The Bertz CT molecular complexity index is 311. The summed E-state index contributed by atoms with van der Waals surface area (Å²) in [6, 6.07) is 0.330. The van der Waals surface area contributed by atoms with Crippen molar-refractivity contribution in [1.82, 2.24) is 5.32 Å². The molecule has 2 aliphatic rings. The van der Waals surface area contributed by atoms with Crippen LogP contribution in [0.4, 0.5) is 0 Å². The van der Waals surface area contributed by atoms with Crippen LogP contribution in [-0.4, -0.2) is 34.7 Å². The van der Waals surface area contributed by atoms with Gasteiger partial charge in [-0.05, 0) is 50.4 Å². The summed E-state index contributed by atoms with van der Waals surface area (Å²) in [5.74, 6) is 3.19. The molecule has 2 aliphatic carbocycles. The largest absolute Gasteiger partial charge is 0.396 e. The highest BCUT2D eigenvalue weighted by atomic mass is 32.2. The summed E-state index contributed by atoms with van der Waals surface area (Å²) in [5, 5.41) is 12.4. The van der Waals surface area contributed by atoms with Gasteiger partial charge in [0.15, 0.2) is 0 Å². The average molecular weight is 285 g/mol. The van der Waals surface area contributed by atoms with Crippen molar-refractivity contribution in [1.29, 1.82) is 0 Å². The zero-order valence-electron chi connectivity index (χ0n) is 12.1. The molecule has 110 valence electrons. The third-order valence-electron chi connectivity index (χ3n) is 4.86. The maximum absolute atomic E-state index is 11.9. The summed E-state index contributed by atoms with van der Waals surface area (Å²) in [6.45, 7) is 4.44. The number of rotatable bonds is 7. The maximum Gasteiger partial charge on any atom is 0.230 e. The van der Waals surface area contributed by atoms with Crippen LogP contribution in [0.2, 0.25) is 0 Å². The number of carbonyl (C=O) groups excluding carboxylic acids is 1. The van der Waals surface area contributed by atoms with Crippen molar-refractivity contribution in [2.24, 2.45) is 17.8 Å². The van der Waals surface area contributed by atoms with E-state index >= 15 is 0 Å². The third-order valence-corrected chi connectivity index (χ3v) is 6.09. The van der Waals surface area contributed by atoms with E-state index in [1.165, 1.54) is 25.7 Å². The van der Waals surface area contributed by atoms with E-state index in [9.17, 15) is 4.79 Å². The normalized spacial score (nSPS) is 32.3. The number of carbonyl (C=O) groups is 1. The average Bonchev–Trinajstić information content (AvgIpc) is 2.99. The molecule has 2 saturated carbocycles. The minimum atomic E-state index is 0.157. The lowest BCUT2D eigenvalue weighted by Crippen LogP contribution is -2.41. The van der Waals surface area contributed by atoms with Crippen molar-refractivity contribution < 1.29 is 9.90 Å². The molecule has 0 aromatic rings. The fourth-order valence-electron chi connectivity index (χ4n) is 3.79. The lowest BCUT2D eigenvalue weighted by atomic mass is 9.84. The Labute approximate surface area is 120 Å². The molecule has 2 bridgehead atoms. The Morgan fingerprint density at radius 3 is 2.74 bits per heavy atom. The molecule has 4 heteroatoms. The summed E-state index contributed by atoms with van der Waals surface area (Å²) in [7, 11) is 0. The second-order valence-electron chi connectivity index (χ2n) is 6.33. The van der Waals surface area contributed by atoms with Gasteiger partial charge in [0.1, 0.15) is 0 Å². The predicted molar refractivity (Wildman–Crippen MR) is 80.2 cm³/mol. The van der Waals surface area contributed by atoms with Crippen LogP contribution in [0.25, 0.3) is 0 Å². The van der Waals surface area contributed by atoms with Crippen LogP contribution in [0.1, 0.15) is 46.0 Å². The molecule has 5 atom stereocenters. The van der Waals surface area contributed by atoms with Gasteiger partial charge in [-0.3, -0.25) is 4.79 Å². The van der Waals surface area contributed by atoms with E-state index in [1.54, 1.807) is 11.8 Å². The van der Waals surface area contributed by atoms with Gasteiger partial charge in [-0.1, -0.05) is 13.3 Å². The second-order valence-corrected chi connectivity index (χ2v) is 7.76. The first-order valence-corrected chi connectivity index (χ1v) is 8.66. The van der Waals surface area contributed by atoms with Crippen molar-refractivity contribution in [3.05, 3.63) is 0 Å². The van der Waals surface area contributed by atoms with Crippen LogP contribution in [0.5, 0.6) is 0 Å². The van der Waals surface area contributed by atoms with E-state index < -0.39 is 0 Å². The monoisotopic (exact) mass is 285 g/mol. The molecule has 0 spiro atoms. The Hall–Kier alpha value is -0.220. The zero-order valence-corrected chi connectivity index (χ0v) is 12.9. The van der Waals surface area contributed by atoms with Crippen molar-refractivity contribution in [3.8, 4) is 0 Å². The number of hydrogen-bond donors (Lipinski definition) is 2. The predicted octanol–water partition coefficient (Wildman–Crippen LogP) is 2.43. The van der Waals surface area contributed by atoms with Crippen LogP contribution in [-0.2, 0) is 4.79 Å². The first kappa shape index (κ1) is 15.2. The number of fused-ring (bicyclic) bond motifs is 2. The Balaban J connectivity index is 1.67. The van der Waals surface area contributed by atoms with Gasteiger partial charge in [-0.25, -0.2) is 0 Å². The van der Waals surface area contributed by atoms with E-state index in [1.807, 2.05) is 0 Å². The van der Waals surface area contributed by atoms with E-state index in [4.69, 9.17) is 5.11 Å². The third kappa shape index (κ3) is 4.12. The molecule has 2 N–H and O–H groups in total. The van der Waals surface area contributed by atoms with Gasteiger partial charge in [0.05, 0.1) is 5.75 Å². The first-order chi connectivity index (χ1) is 9.10. The van der Waals surface area contributed by atoms with Crippen molar-refractivity contribution in [3.63, 3.8) is 0 Å². The molecule has 3 nitrogen and oxygen atoms in total. The molecule has 0 saturated heterocycles. The summed E-state index contributed by atoms with van der Waals surface area (Å²) in [6.07, 6.45) is 6.27. The Morgan fingerprint density at radius 1 is 1.37 bits per heavy atom. The SMILES string of the molecule is CC(CCO)SCC(=O)NC(C)C1CC2CCC1C2. The van der Waals surface area contributed by atoms with Crippen molar-refractivity contribution in [2.75, 3.05) is 12.4 Å². The molecule has 0 aromatic heterocycles. The van der Waals surface area contributed by atoms with Crippen LogP contribution in [0, 0.1) is 17.8 Å². The number of aliphatic hydroxyl groups excluding tert-OH is 1. The molecule has 0 heterocycles. The number of amides is 1. The van der Waals surface area contributed by atoms with Gasteiger partial charge >= 0.3 is 0 Å². The Kier molecular flexibility index (Phi) is 5.58. The van der Waals surface area contributed by atoms with E-state index in [0.29, 0.717) is 23.0 Å². The molecule has 2 rings (SSSR count). The highest BCUT2D eigenvalue weighted by Crippen LogP contribution is 2.49.